The molecule has 0 aliphatic carbocycles. The molecule has 0 saturated carbocycles. The van der Waals surface area contributed by atoms with E-state index in [-0.39, 0.29) is 0 Å². The third-order valence-electron chi connectivity index (χ3n) is 4.30. The summed E-state index contributed by atoms with van der Waals surface area (Å²) in [5.74, 6) is 0. The van der Waals surface area contributed by atoms with Crippen LogP contribution in [0.3, 0.4) is 0 Å². The van der Waals surface area contributed by atoms with Crippen LogP contribution >= 0.6 is 0 Å². The quantitative estimate of drug-likeness (QED) is 0.774. The zero-order valence-electron chi connectivity index (χ0n) is 10.9. The average molecular weight is 225 g/mol. The molecule has 2 heterocycles. The highest BCUT2D eigenvalue weighted by Crippen LogP contribution is 2.22. The van der Waals surface area contributed by atoms with Gasteiger partial charge in [-0.1, -0.05) is 6.42 Å². The summed E-state index contributed by atoms with van der Waals surface area (Å²) < 4.78 is 0. The molecule has 0 aromatic heterocycles. The second-order valence-corrected chi connectivity index (χ2v) is 5.42. The van der Waals surface area contributed by atoms with Gasteiger partial charge < -0.3 is 5.32 Å². The number of hydrogen-bond donors (Lipinski definition) is 1. The molecule has 2 atom stereocenters. The van der Waals surface area contributed by atoms with Crippen molar-refractivity contribution in [2.75, 3.05) is 39.8 Å². The Balaban J connectivity index is 1.79. The summed E-state index contributed by atoms with van der Waals surface area (Å²) in [6, 6.07) is 1.61. The molecular formula is C13H27N3. The van der Waals surface area contributed by atoms with Gasteiger partial charge in [-0.25, -0.2) is 0 Å². The molecule has 3 heteroatoms. The Morgan fingerprint density at radius 3 is 2.94 bits per heavy atom. The van der Waals surface area contributed by atoms with Crippen LogP contribution in [-0.2, 0) is 0 Å². The Bertz CT molecular complexity index is 207. The highest BCUT2D eigenvalue weighted by atomic mass is 15.3. The molecular weight excluding hydrogens is 198 g/mol. The van der Waals surface area contributed by atoms with E-state index in [1.165, 1.54) is 51.9 Å². The minimum absolute atomic E-state index is 0.747. The molecule has 0 spiro atoms. The van der Waals surface area contributed by atoms with Crippen molar-refractivity contribution in [1.82, 2.24) is 15.1 Å². The number of piperidine rings is 1. The van der Waals surface area contributed by atoms with E-state index in [2.05, 4.69) is 22.0 Å². The van der Waals surface area contributed by atoms with Crippen LogP contribution in [0.5, 0.6) is 0 Å². The molecule has 94 valence electrons. The molecule has 0 radical (unpaired) electrons. The van der Waals surface area contributed by atoms with E-state index < -0.39 is 0 Å². The normalized spacial score (nSPS) is 30.0. The van der Waals surface area contributed by atoms with Gasteiger partial charge in [0, 0.05) is 31.7 Å². The Hall–Kier alpha value is -0.120. The van der Waals surface area contributed by atoms with Crippen LogP contribution in [0.2, 0.25) is 0 Å². The fourth-order valence-corrected chi connectivity index (χ4v) is 3.12. The smallest absolute Gasteiger partial charge is 0.0223 e. The van der Waals surface area contributed by atoms with Crippen molar-refractivity contribution in [1.29, 1.82) is 0 Å². The van der Waals surface area contributed by atoms with E-state index >= 15 is 0 Å². The molecule has 16 heavy (non-hydrogen) atoms. The first kappa shape index (κ1) is 12.3. The maximum atomic E-state index is 3.26. The molecule has 2 saturated heterocycles. The van der Waals surface area contributed by atoms with E-state index in [0.717, 1.165) is 18.6 Å². The summed E-state index contributed by atoms with van der Waals surface area (Å²) in [5.41, 5.74) is 0. The molecule has 0 amide bonds. The van der Waals surface area contributed by atoms with Crippen LogP contribution in [0, 0.1) is 0 Å². The Morgan fingerprint density at radius 2 is 2.12 bits per heavy atom. The lowest BCUT2D eigenvalue weighted by Gasteiger charge is -2.46. The van der Waals surface area contributed by atoms with Gasteiger partial charge in [0.05, 0.1) is 0 Å². The summed E-state index contributed by atoms with van der Waals surface area (Å²) in [7, 11) is 2.05. The molecule has 2 fully saturated rings. The summed E-state index contributed by atoms with van der Waals surface area (Å²) in [4.78, 5) is 5.41. The van der Waals surface area contributed by atoms with E-state index in [1.807, 2.05) is 7.05 Å². The second-order valence-electron chi connectivity index (χ2n) is 5.42. The highest BCUT2D eigenvalue weighted by Gasteiger charge is 2.30. The van der Waals surface area contributed by atoms with Gasteiger partial charge in [0.1, 0.15) is 0 Å². The molecule has 0 bridgehead atoms. The molecule has 0 aromatic rings. The first-order valence-electron chi connectivity index (χ1n) is 6.94. The van der Waals surface area contributed by atoms with Crippen LogP contribution in [-0.4, -0.2) is 61.7 Å². The van der Waals surface area contributed by atoms with Gasteiger partial charge >= 0.3 is 0 Å². The molecule has 2 rings (SSSR count). The molecule has 0 aromatic carbocycles. The first-order chi connectivity index (χ1) is 7.81. The van der Waals surface area contributed by atoms with Gasteiger partial charge in [-0.3, -0.25) is 9.80 Å². The standard InChI is InChI=1S/C13H27N3/c1-12(6-7-14-2)16-10-9-15-8-4-3-5-13(15)11-16/h12-14H,3-11H2,1-2H3. The minimum atomic E-state index is 0.747. The van der Waals surface area contributed by atoms with E-state index in [1.54, 1.807) is 0 Å². The number of fused-ring (bicyclic) bond motifs is 1. The van der Waals surface area contributed by atoms with Gasteiger partial charge in [-0.2, -0.15) is 0 Å². The lowest BCUT2D eigenvalue weighted by molar-refractivity contribution is 0.0295. The van der Waals surface area contributed by atoms with Gasteiger partial charge in [0.15, 0.2) is 0 Å². The van der Waals surface area contributed by atoms with E-state index in [9.17, 15) is 0 Å². The van der Waals surface area contributed by atoms with Crippen molar-refractivity contribution in [2.24, 2.45) is 0 Å². The molecule has 2 unspecified atom stereocenters. The summed E-state index contributed by atoms with van der Waals surface area (Å²) in [5, 5.41) is 3.26. The van der Waals surface area contributed by atoms with Gasteiger partial charge in [0.2, 0.25) is 0 Å². The zero-order chi connectivity index (χ0) is 11.4. The number of rotatable bonds is 4. The average Bonchev–Trinajstić information content (AvgIpc) is 2.35. The third-order valence-corrected chi connectivity index (χ3v) is 4.30. The van der Waals surface area contributed by atoms with Gasteiger partial charge in [-0.15, -0.1) is 0 Å². The number of nitrogens with one attached hydrogen (secondary N) is 1. The SMILES string of the molecule is CNCCC(C)N1CCN2CCCCC2C1. The van der Waals surface area contributed by atoms with Crippen molar-refractivity contribution in [2.45, 2.75) is 44.7 Å². The third kappa shape index (κ3) is 2.96. The van der Waals surface area contributed by atoms with E-state index in [0.29, 0.717) is 0 Å². The van der Waals surface area contributed by atoms with Gasteiger partial charge in [0.25, 0.3) is 0 Å². The van der Waals surface area contributed by atoms with Crippen LogP contribution in [0.15, 0.2) is 0 Å². The summed E-state index contributed by atoms with van der Waals surface area (Å²) in [6.07, 6.45) is 5.57. The summed E-state index contributed by atoms with van der Waals surface area (Å²) in [6.45, 7) is 8.77. The van der Waals surface area contributed by atoms with Crippen LogP contribution in [0.4, 0.5) is 0 Å². The van der Waals surface area contributed by atoms with E-state index in [4.69, 9.17) is 0 Å². The lowest BCUT2D eigenvalue weighted by atomic mass is 9.98. The number of piperazine rings is 1. The van der Waals surface area contributed by atoms with Crippen LogP contribution in [0.1, 0.15) is 32.6 Å². The van der Waals surface area contributed by atoms with Crippen molar-refractivity contribution in [3.63, 3.8) is 0 Å². The molecule has 3 nitrogen and oxygen atoms in total. The lowest BCUT2D eigenvalue weighted by Crippen LogP contribution is -2.56. The van der Waals surface area contributed by atoms with Crippen LogP contribution < -0.4 is 5.32 Å². The Kier molecular flexibility index (Phi) is 4.62. The monoisotopic (exact) mass is 225 g/mol. The van der Waals surface area contributed by atoms with Crippen molar-refractivity contribution in [3.8, 4) is 0 Å². The predicted molar refractivity (Wildman–Crippen MR) is 68.8 cm³/mol. The Labute approximate surface area is 100 Å². The fourth-order valence-electron chi connectivity index (χ4n) is 3.12. The highest BCUT2D eigenvalue weighted by molar-refractivity contribution is 4.86. The molecule has 1 N–H and O–H groups in total. The second kappa shape index (κ2) is 5.99. The van der Waals surface area contributed by atoms with Crippen molar-refractivity contribution < 1.29 is 0 Å². The molecule has 2 aliphatic heterocycles. The first-order valence-corrected chi connectivity index (χ1v) is 6.94. The Morgan fingerprint density at radius 1 is 1.25 bits per heavy atom. The number of nitrogens with zero attached hydrogens (tertiary/aromatic N) is 2. The maximum Gasteiger partial charge on any atom is 0.0223 e. The zero-order valence-corrected chi connectivity index (χ0v) is 10.9. The topological polar surface area (TPSA) is 18.5 Å². The largest absolute Gasteiger partial charge is 0.320 e. The van der Waals surface area contributed by atoms with Crippen molar-refractivity contribution >= 4 is 0 Å². The van der Waals surface area contributed by atoms with Crippen LogP contribution in [0.25, 0.3) is 0 Å². The fraction of sp³-hybridized carbons (Fsp3) is 1.00. The number of hydrogen-bond acceptors (Lipinski definition) is 3. The van der Waals surface area contributed by atoms with Gasteiger partial charge in [-0.05, 0) is 46.3 Å². The minimum Gasteiger partial charge on any atom is -0.320 e. The predicted octanol–water partition coefficient (Wildman–Crippen LogP) is 1.15. The maximum absolute atomic E-state index is 3.26. The van der Waals surface area contributed by atoms with Crippen molar-refractivity contribution in [3.05, 3.63) is 0 Å². The summed E-state index contributed by atoms with van der Waals surface area (Å²) >= 11 is 0. The molecule has 2 aliphatic rings.